The lowest BCUT2D eigenvalue weighted by Gasteiger charge is -1.97. The summed E-state index contributed by atoms with van der Waals surface area (Å²) in [7, 11) is 0. The molecule has 0 aliphatic carbocycles. The van der Waals surface area contributed by atoms with Crippen molar-refractivity contribution < 1.29 is 4.42 Å². The lowest BCUT2D eigenvalue weighted by Crippen LogP contribution is -1.83. The highest BCUT2D eigenvalue weighted by molar-refractivity contribution is 9.14. The van der Waals surface area contributed by atoms with Gasteiger partial charge in [0.1, 0.15) is 4.60 Å². The second kappa shape index (κ2) is 3.21. The molecule has 0 saturated carbocycles. The van der Waals surface area contributed by atoms with Crippen molar-refractivity contribution in [2.75, 3.05) is 5.73 Å². The SMILES string of the molecule is Nc1nc2nc(Br)c(Br)c(Br)c2o1. The van der Waals surface area contributed by atoms with Gasteiger partial charge in [-0.15, -0.1) is 0 Å². The molecule has 2 aromatic heterocycles. The van der Waals surface area contributed by atoms with E-state index in [9.17, 15) is 0 Å². The van der Waals surface area contributed by atoms with Crippen molar-refractivity contribution in [3.05, 3.63) is 13.5 Å². The molecule has 2 N–H and O–H groups in total. The van der Waals surface area contributed by atoms with E-state index < -0.39 is 0 Å². The molecule has 4 nitrogen and oxygen atoms in total. The lowest BCUT2D eigenvalue weighted by molar-refractivity contribution is 0.624. The third-order valence-corrected chi connectivity index (χ3v) is 4.57. The Balaban J connectivity index is 2.92. The number of hydrogen-bond donors (Lipinski definition) is 1. The van der Waals surface area contributed by atoms with Gasteiger partial charge in [0.25, 0.3) is 6.01 Å². The number of rotatable bonds is 0. The standard InChI is InChI=1S/C6H2Br3N3O/c7-1-2(8)4(9)11-5-3(1)13-6(10)12-5/h(H2,10,11,12). The van der Waals surface area contributed by atoms with Crippen molar-refractivity contribution in [3.63, 3.8) is 0 Å². The highest BCUT2D eigenvalue weighted by atomic mass is 79.9. The van der Waals surface area contributed by atoms with Crippen molar-refractivity contribution in [2.24, 2.45) is 0 Å². The van der Waals surface area contributed by atoms with Crippen molar-refractivity contribution in [2.45, 2.75) is 0 Å². The average Bonchev–Trinajstić information content (AvgIpc) is 2.42. The van der Waals surface area contributed by atoms with Gasteiger partial charge in [-0.25, -0.2) is 4.98 Å². The number of oxazole rings is 1. The Hall–Kier alpha value is -0.140. The fourth-order valence-electron chi connectivity index (χ4n) is 0.879. The summed E-state index contributed by atoms with van der Waals surface area (Å²) in [5.41, 5.74) is 6.40. The van der Waals surface area contributed by atoms with Gasteiger partial charge in [0, 0.05) is 0 Å². The number of fused-ring (bicyclic) bond motifs is 1. The van der Waals surface area contributed by atoms with Crippen LogP contribution in [0.25, 0.3) is 11.2 Å². The van der Waals surface area contributed by atoms with E-state index in [1.165, 1.54) is 0 Å². The fourth-order valence-corrected chi connectivity index (χ4v) is 2.23. The Morgan fingerprint density at radius 2 is 1.77 bits per heavy atom. The van der Waals surface area contributed by atoms with Crippen LogP contribution in [0.1, 0.15) is 0 Å². The van der Waals surface area contributed by atoms with Crippen molar-refractivity contribution in [3.8, 4) is 0 Å². The van der Waals surface area contributed by atoms with E-state index in [4.69, 9.17) is 10.2 Å². The van der Waals surface area contributed by atoms with Gasteiger partial charge < -0.3 is 10.2 Å². The summed E-state index contributed by atoms with van der Waals surface area (Å²) < 4.78 is 7.31. The van der Waals surface area contributed by atoms with Gasteiger partial charge in [0.05, 0.1) is 8.95 Å². The highest BCUT2D eigenvalue weighted by Crippen LogP contribution is 2.35. The van der Waals surface area contributed by atoms with Crippen LogP contribution in [0.2, 0.25) is 0 Å². The van der Waals surface area contributed by atoms with Crippen LogP contribution in [0.3, 0.4) is 0 Å². The fraction of sp³-hybridized carbons (Fsp3) is 0. The molecule has 0 radical (unpaired) electrons. The van der Waals surface area contributed by atoms with Crippen LogP contribution < -0.4 is 5.73 Å². The predicted molar refractivity (Wildman–Crippen MR) is 59.3 cm³/mol. The molecular formula is C6H2Br3N3O. The molecule has 2 aromatic rings. The molecule has 0 amide bonds. The molecular weight excluding hydrogens is 370 g/mol. The Morgan fingerprint density at radius 3 is 2.46 bits per heavy atom. The summed E-state index contributed by atoms with van der Waals surface area (Å²) in [5, 5.41) is 0. The van der Waals surface area contributed by atoms with E-state index in [2.05, 4.69) is 57.8 Å². The summed E-state index contributed by atoms with van der Waals surface area (Å²) >= 11 is 9.93. The number of nitrogens with two attached hydrogens (primary N) is 1. The molecule has 13 heavy (non-hydrogen) atoms. The number of aromatic nitrogens is 2. The van der Waals surface area contributed by atoms with Crippen LogP contribution in [-0.2, 0) is 0 Å². The zero-order valence-corrected chi connectivity index (χ0v) is 10.8. The molecule has 2 rings (SSSR count). The monoisotopic (exact) mass is 369 g/mol. The van der Waals surface area contributed by atoms with Gasteiger partial charge in [0.2, 0.25) is 5.65 Å². The summed E-state index contributed by atoms with van der Waals surface area (Å²) in [5.74, 6) is 0. The summed E-state index contributed by atoms with van der Waals surface area (Å²) in [6, 6.07) is 0.105. The number of pyridine rings is 1. The Kier molecular flexibility index (Phi) is 2.33. The van der Waals surface area contributed by atoms with Crippen molar-refractivity contribution in [1.82, 2.24) is 9.97 Å². The topological polar surface area (TPSA) is 64.9 Å². The maximum absolute atomic E-state index is 5.39. The van der Waals surface area contributed by atoms with Gasteiger partial charge in [-0.05, 0) is 47.8 Å². The third kappa shape index (κ3) is 1.49. The Bertz CT molecular complexity index is 481. The minimum absolute atomic E-state index is 0.105. The number of nitrogens with zero attached hydrogens (tertiary/aromatic N) is 2. The van der Waals surface area contributed by atoms with Crippen LogP contribution >= 0.6 is 47.8 Å². The number of anilines is 1. The molecule has 0 fully saturated rings. The summed E-state index contributed by atoms with van der Waals surface area (Å²) in [6.45, 7) is 0. The van der Waals surface area contributed by atoms with Gasteiger partial charge in [0.15, 0.2) is 5.58 Å². The first-order valence-electron chi connectivity index (χ1n) is 3.16. The van der Waals surface area contributed by atoms with E-state index in [1.54, 1.807) is 0 Å². The highest BCUT2D eigenvalue weighted by Gasteiger charge is 2.14. The molecule has 2 heterocycles. The van der Waals surface area contributed by atoms with Gasteiger partial charge >= 0.3 is 0 Å². The molecule has 0 aliphatic rings. The second-order valence-corrected chi connectivity index (χ2v) is 4.57. The van der Waals surface area contributed by atoms with E-state index in [0.717, 1.165) is 8.95 Å². The molecule has 0 spiro atoms. The normalized spacial score (nSPS) is 11.0. The van der Waals surface area contributed by atoms with Gasteiger partial charge in [-0.2, -0.15) is 4.98 Å². The van der Waals surface area contributed by atoms with E-state index in [0.29, 0.717) is 15.8 Å². The van der Waals surface area contributed by atoms with Crippen molar-refractivity contribution >= 4 is 65.0 Å². The van der Waals surface area contributed by atoms with Crippen LogP contribution in [-0.4, -0.2) is 9.97 Å². The Labute approximate surface area is 98.3 Å². The van der Waals surface area contributed by atoms with Crippen LogP contribution in [0.5, 0.6) is 0 Å². The zero-order chi connectivity index (χ0) is 9.59. The molecule has 0 aromatic carbocycles. The maximum atomic E-state index is 5.39. The first kappa shape index (κ1) is 9.42. The van der Waals surface area contributed by atoms with Crippen LogP contribution in [0.15, 0.2) is 18.0 Å². The van der Waals surface area contributed by atoms with Crippen LogP contribution in [0.4, 0.5) is 6.01 Å². The summed E-state index contributed by atoms with van der Waals surface area (Å²) in [4.78, 5) is 8.01. The molecule has 68 valence electrons. The smallest absolute Gasteiger partial charge is 0.294 e. The Morgan fingerprint density at radius 1 is 1.08 bits per heavy atom. The molecule has 0 unspecified atom stereocenters. The number of nitrogen functional groups attached to an aromatic ring is 1. The predicted octanol–water partition coefficient (Wildman–Crippen LogP) is 3.09. The number of halogens is 3. The lowest BCUT2D eigenvalue weighted by atomic mass is 10.5. The first-order valence-corrected chi connectivity index (χ1v) is 5.54. The second-order valence-electron chi connectivity index (χ2n) is 2.24. The molecule has 0 aliphatic heterocycles. The third-order valence-electron chi connectivity index (χ3n) is 1.40. The summed E-state index contributed by atoms with van der Waals surface area (Å²) in [6.07, 6.45) is 0. The zero-order valence-electron chi connectivity index (χ0n) is 6.01. The molecule has 0 bridgehead atoms. The quantitative estimate of drug-likeness (QED) is 0.723. The largest absolute Gasteiger partial charge is 0.421 e. The van der Waals surface area contributed by atoms with E-state index in [1.807, 2.05) is 0 Å². The van der Waals surface area contributed by atoms with Crippen LogP contribution in [0, 0.1) is 0 Å². The molecule has 7 heteroatoms. The van der Waals surface area contributed by atoms with Gasteiger partial charge in [-0.1, -0.05) is 0 Å². The van der Waals surface area contributed by atoms with Gasteiger partial charge in [-0.3, -0.25) is 0 Å². The minimum atomic E-state index is 0.105. The molecule has 0 saturated heterocycles. The molecule has 0 atom stereocenters. The minimum Gasteiger partial charge on any atom is -0.421 e. The van der Waals surface area contributed by atoms with E-state index in [-0.39, 0.29) is 6.01 Å². The number of hydrogen-bond acceptors (Lipinski definition) is 4. The maximum Gasteiger partial charge on any atom is 0.294 e. The first-order chi connectivity index (χ1) is 6.09. The van der Waals surface area contributed by atoms with Crippen molar-refractivity contribution in [1.29, 1.82) is 0 Å². The average molecular weight is 372 g/mol. The van der Waals surface area contributed by atoms with E-state index >= 15 is 0 Å².